The Kier molecular flexibility index (Phi) is 4.15. The first-order chi connectivity index (χ1) is 11.0. The van der Waals surface area contributed by atoms with Crippen LogP contribution in [-0.2, 0) is 5.60 Å². The maximum Gasteiger partial charge on any atom is 0.138 e. The number of rotatable bonds is 4. The summed E-state index contributed by atoms with van der Waals surface area (Å²) in [7, 11) is 1.62. The summed E-state index contributed by atoms with van der Waals surface area (Å²) in [4.78, 5) is 4.52. The normalized spacial score (nSPS) is 13.6. The minimum atomic E-state index is -1.34. The molecule has 1 atom stereocenters. The molecule has 118 valence electrons. The zero-order valence-corrected chi connectivity index (χ0v) is 13.6. The van der Waals surface area contributed by atoms with Crippen molar-refractivity contribution in [1.29, 1.82) is 0 Å². The van der Waals surface area contributed by atoms with Gasteiger partial charge in [-0.15, -0.1) is 11.3 Å². The number of methoxy groups -OCH3 is 1. The molecule has 0 aliphatic heterocycles. The molecular weight excluding hydrogens is 313 g/mol. The first-order valence-electron chi connectivity index (χ1n) is 7.09. The van der Waals surface area contributed by atoms with Crippen molar-refractivity contribution in [2.24, 2.45) is 0 Å². The predicted molar refractivity (Wildman–Crippen MR) is 89.2 cm³/mol. The minimum Gasteiger partial charge on any atom is -0.497 e. The fourth-order valence-electron chi connectivity index (χ4n) is 2.31. The van der Waals surface area contributed by atoms with Gasteiger partial charge in [-0.3, -0.25) is 0 Å². The van der Waals surface area contributed by atoms with Crippen LogP contribution in [0.5, 0.6) is 5.75 Å². The van der Waals surface area contributed by atoms with Crippen LogP contribution in [0.4, 0.5) is 4.39 Å². The van der Waals surface area contributed by atoms with Gasteiger partial charge in [-0.05, 0) is 48.9 Å². The van der Waals surface area contributed by atoms with Crippen molar-refractivity contribution in [2.45, 2.75) is 12.5 Å². The van der Waals surface area contributed by atoms with Crippen LogP contribution < -0.4 is 4.74 Å². The van der Waals surface area contributed by atoms with Gasteiger partial charge in [0, 0.05) is 10.9 Å². The van der Waals surface area contributed by atoms with Gasteiger partial charge < -0.3 is 9.84 Å². The second-order valence-electron chi connectivity index (χ2n) is 5.35. The van der Waals surface area contributed by atoms with Gasteiger partial charge in [0.2, 0.25) is 0 Å². The van der Waals surface area contributed by atoms with E-state index in [1.54, 1.807) is 26.2 Å². The molecular formula is C18H16FNO2S. The molecule has 0 spiro atoms. The maximum atomic E-state index is 13.4. The van der Waals surface area contributed by atoms with Crippen LogP contribution in [0.2, 0.25) is 0 Å². The highest BCUT2D eigenvalue weighted by Crippen LogP contribution is 2.34. The fraction of sp³-hybridized carbons (Fsp3) is 0.167. The van der Waals surface area contributed by atoms with Gasteiger partial charge >= 0.3 is 0 Å². The molecule has 0 saturated carbocycles. The summed E-state index contributed by atoms with van der Waals surface area (Å²) >= 11 is 1.35. The summed E-state index contributed by atoms with van der Waals surface area (Å²) in [5.41, 5.74) is 0.845. The van der Waals surface area contributed by atoms with Crippen molar-refractivity contribution >= 4 is 11.3 Å². The highest BCUT2D eigenvalue weighted by molar-refractivity contribution is 7.10. The molecule has 1 heterocycles. The van der Waals surface area contributed by atoms with Crippen LogP contribution in [0.25, 0.3) is 11.3 Å². The summed E-state index contributed by atoms with van der Waals surface area (Å²) in [6.07, 6.45) is 0. The van der Waals surface area contributed by atoms with Crippen molar-refractivity contribution in [3.63, 3.8) is 0 Å². The average Bonchev–Trinajstić information content (AvgIpc) is 3.06. The third-order valence-corrected chi connectivity index (χ3v) is 4.75. The Morgan fingerprint density at radius 2 is 1.91 bits per heavy atom. The number of halogens is 1. The summed E-state index contributed by atoms with van der Waals surface area (Å²) < 4.78 is 18.6. The Hall–Kier alpha value is -2.24. The number of aliphatic hydroxyl groups is 1. The van der Waals surface area contributed by atoms with E-state index in [1.165, 1.54) is 23.5 Å². The molecule has 0 fully saturated rings. The van der Waals surface area contributed by atoms with E-state index in [-0.39, 0.29) is 5.82 Å². The lowest BCUT2D eigenvalue weighted by atomic mass is 9.97. The molecule has 3 nitrogen and oxygen atoms in total. The first kappa shape index (κ1) is 15.6. The summed E-state index contributed by atoms with van der Waals surface area (Å²) in [5, 5.41) is 13.2. The minimum absolute atomic E-state index is 0.380. The van der Waals surface area contributed by atoms with Crippen LogP contribution in [0.1, 0.15) is 17.5 Å². The number of benzene rings is 2. The number of hydrogen-bond donors (Lipinski definition) is 1. The molecule has 0 aliphatic rings. The third-order valence-electron chi connectivity index (χ3n) is 3.69. The van der Waals surface area contributed by atoms with Crippen LogP contribution in [-0.4, -0.2) is 17.2 Å². The SMILES string of the molecule is COc1ccc(-c2csc(C(C)(O)c3cccc(F)c3)n2)cc1. The van der Waals surface area contributed by atoms with Crippen LogP contribution in [0.15, 0.2) is 53.9 Å². The van der Waals surface area contributed by atoms with Crippen molar-refractivity contribution in [2.75, 3.05) is 7.11 Å². The number of nitrogens with zero attached hydrogens (tertiary/aromatic N) is 1. The molecule has 23 heavy (non-hydrogen) atoms. The maximum absolute atomic E-state index is 13.4. The quantitative estimate of drug-likeness (QED) is 0.779. The summed E-state index contributed by atoms with van der Waals surface area (Å²) in [6.45, 7) is 1.62. The van der Waals surface area contributed by atoms with Gasteiger partial charge in [0.1, 0.15) is 22.2 Å². The molecule has 0 aliphatic carbocycles. The first-order valence-corrected chi connectivity index (χ1v) is 7.97. The lowest BCUT2D eigenvalue weighted by molar-refractivity contribution is 0.102. The lowest BCUT2D eigenvalue weighted by Gasteiger charge is -2.21. The molecule has 1 unspecified atom stereocenters. The fourth-order valence-corrected chi connectivity index (χ4v) is 3.22. The molecule has 0 saturated heterocycles. The highest BCUT2D eigenvalue weighted by Gasteiger charge is 2.29. The smallest absolute Gasteiger partial charge is 0.138 e. The van der Waals surface area contributed by atoms with E-state index in [2.05, 4.69) is 4.98 Å². The van der Waals surface area contributed by atoms with Crippen molar-refractivity contribution in [3.8, 4) is 17.0 Å². The second kappa shape index (κ2) is 6.10. The Bertz CT molecular complexity index is 812. The van der Waals surface area contributed by atoms with E-state index in [4.69, 9.17) is 4.74 Å². The molecule has 0 amide bonds. The van der Waals surface area contributed by atoms with Gasteiger partial charge in [0.25, 0.3) is 0 Å². The third kappa shape index (κ3) is 3.11. The number of thiazole rings is 1. The Morgan fingerprint density at radius 1 is 1.17 bits per heavy atom. The topological polar surface area (TPSA) is 42.4 Å². The van der Waals surface area contributed by atoms with Crippen molar-refractivity contribution < 1.29 is 14.2 Å². The monoisotopic (exact) mass is 329 g/mol. The van der Waals surface area contributed by atoms with Gasteiger partial charge in [0.05, 0.1) is 12.8 Å². The molecule has 3 aromatic rings. The van der Waals surface area contributed by atoms with Crippen molar-refractivity contribution in [3.05, 3.63) is 70.3 Å². The molecule has 1 N–H and O–H groups in total. The van der Waals surface area contributed by atoms with Crippen LogP contribution in [0.3, 0.4) is 0 Å². The van der Waals surface area contributed by atoms with E-state index in [9.17, 15) is 9.50 Å². The van der Waals surface area contributed by atoms with Gasteiger partial charge in [0.15, 0.2) is 0 Å². The Morgan fingerprint density at radius 3 is 2.57 bits per heavy atom. The molecule has 5 heteroatoms. The molecule has 0 radical (unpaired) electrons. The molecule has 2 aromatic carbocycles. The predicted octanol–water partition coefficient (Wildman–Crippen LogP) is 4.21. The van der Waals surface area contributed by atoms with Gasteiger partial charge in [-0.25, -0.2) is 9.37 Å². The number of aromatic nitrogens is 1. The number of ether oxygens (including phenoxy) is 1. The van der Waals surface area contributed by atoms with E-state index in [0.717, 1.165) is 17.0 Å². The zero-order valence-electron chi connectivity index (χ0n) is 12.8. The van der Waals surface area contributed by atoms with Crippen LogP contribution >= 0.6 is 11.3 Å². The molecule has 1 aromatic heterocycles. The molecule has 0 bridgehead atoms. The average molecular weight is 329 g/mol. The summed E-state index contributed by atoms with van der Waals surface area (Å²) in [6, 6.07) is 13.5. The largest absolute Gasteiger partial charge is 0.497 e. The van der Waals surface area contributed by atoms with E-state index in [0.29, 0.717) is 10.6 Å². The Labute approximate surface area is 138 Å². The lowest BCUT2D eigenvalue weighted by Crippen LogP contribution is -2.22. The highest BCUT2D eigenvalue weighted by atomic mass is 32.1. The molecule has 3 rings (SSSR count). The number of hydrogen-bond acceptors (Lipinski definition) is 4. The van der Waals surface area contributed by atoms with Crippen molar-refractivity contribution in [1.82, 2.24) is 4.98 Å². The van der Waals surface area contributed by atoms with E-state index >= 15 is 0 Å². The Balaban J connectivity index is 1.94. The van der Waals surface area contributed by atoms with Gasteiger partial charge in [-0.2, -0.15) is 0 Å². The van der Waals surface area contributed by atoms with Crippen LogP contribution in [0, 0.1) is 5.82 Å². The van der Waals surface area contributed by atoms with E-state index < -0.39 is 5.60 Å². The summed E-state index contributed by atoms with van der Waals surface area (Å²) in [5.74, 6) is 0.394. The second-order valence-corrected chi connectivity index (χ2v) is 6.21. The van der Waals surface area contributed by atoms with Gasteiger partial charge in [-0.1, -0.05) is 12.1 Å². The zero-order chi connectivity index (χ0) is 16.4. The van der Waals surface area contributed by atoms with E-state index in [1.807, 2.05) is 29.6 Å². The standard InChI is InChI=1S/C18H16FNO2S/c1-18(21,13-4-3-5-14(19)10-13)17-20-16(11-23-17)12-6-8-15(22-2)9-7-12/h3-11,21H,1-2H3.